The number of benzene rings is 2. The molecule has 0 aliphatic heterocycles. The minimum absolute atomic E-state index is 0.226. The van der Waals surface area contributed by atoms with E-state index in [1.165, 1.54) is 0 Å². The summed E-state index contributed by atoms with van der Waals surface area (Å²) in [6, 6.07) is 12.9. The van der Waals surface area contributed by atoms with E-state index in [2.05, 4.69) is 4.72 Å². The smallest absolute Gasteiger partial charge is 0.240 e. The molecule has 22 heavy (non-hydrogen) atoms. The van der Waals surface area contributed by atoms with E-state index in [9.17, 15) is 8.42 Å². The van der Waals surface area contributed by atoms with Crippen LogP contribution in [0.1, 0.15) is 16.7 Å². The van der Waals surface area contributed by atoms with Gasteiger partial charge in [-0.1, -0.05) is 29.8 Å². The highest BCUT2D eigenvalue weighted by Crippen LogP contribution is 2.16. The summed E-state index contributed by atoms with van der Waals surface area (Å²) in [6.07, 6.45) is 0. The minimum Gasteiger partial charge on any atom is -0.492 e. The molecule has 0 saturated heterocycles. The average molecular weight is 319 g/mol. The third kappa shape index (κ3) is 4.32. The van der Waals surface area contributed by atoms with Crippen molar-refractivity contribution in [2.24, 2.45) is 0 Å². The van der Waals surface area contributed by atoms with Gasteiger partial charge in [0.1, 0.15) is 12.4 Å². The Hall–Kier alpha value is -1.85. The predicted molar refractivity (Wildman–Crippen MR) is 87.8 cm³/mol. The summed E-state index contributed by atoms with van der Waals surface area (Å²) in [7, 11) is -3.50. The lowest BCUT2D eigenvalue weighted by molar-refractivity contribution is 0.322. The Morgan fingerprint density at radius 2 is 1.73 bits per heavy atom. The summed E-state index contributed by atoms with van der Waals surface area (Å²) < 4.78 is 32.6. The molecule has 2 aromatic rings. The fourth-order valence-corrected chi connectivity index (χ4v) is 3.47. The van der Waals surface area contributed by atoms with E-state index >= 15 is 0 Å². The van der Waals surface area contributed by atoms with Crippen LogP contribution in [0.3, 0.4) is 0 Å². The zero-order chi connectivity index (χ0) is 16.2. The lowest BCUT2D eigenvalue weighted by Gasteiger charge is -2.11. The van der Waals surface area contributed by atoms with Gasteiger partial charge in [0.2, 0.25) is 10.0 Å². The Bertz CT molecular complexity index is 754. The molecule has 0 bridgehead atoms. The molecule has 0 aromatic heterocycles. The second kappa shape index (κ2) is 6.94. The summed E-state index contributed by atoms with van der Waals surface area (Å²) in [6.45, 7) is 6.23. The molecular weight excluding hydrogens is 298 g/mol. The number of rotatable bonds is 6. The summed E-state index contributed by atoms with van der Waals surface area (Å²) in [4.78, 5) is 0.314. The van der Waals surface area contributed by atoms with Gasteiger partial charge in [0.15, 0.2) is 0 Å². The van der Waals surface area contributed by atoms with Gasteiger partial charge in [-0.2, -0.15) is 0 Å². The number of aryl methyl sites for hydroxylation is 3. The van der Waals surface area contributed by atoms with E-state index in [1.807, 2.05) is 44.2 Å². The average Bonchev–Trinajstić information content (AvgIpc) is 2.43. The summed E-state index contributed by atoms with van der Waals surface area (Å²) in [5, 5.41) is 0. The molecule has 0 saturated carbocycles. The molecule has 0 aliphatic rings. The fourth-order valence-electron chi connectivity index (χ4n) is 2.23. The molecule has 0 aliphatic carbocycles. The molecule has 1 N–H and O–H groups in total. The predicted octanol–water partition coefficient (Wildman–Crippen LogP) is 2.97. The Morgan fingerprint density at radius 3 is 2.41 bits per heavy atom. The highest BCUT2D eigenvalue weighted by molar-refractivity contribution is 7.89. The van der Waals surface area contributed by atoms with Crippen molar-refractivity contribution in [3.05, 3.63) is 59.2 Å². The lowest BCUT2D eigenvalue weighted by Crippen LogP contribution is -2.28. The van der Waals surface area contributed by atoms with Crippen LogP contribution in [0, 0.1) is 20.8 Å². The fraction of sp³-hybridized carbons (Fsp3) is 0.294. The van der Waals surface area contributed by atoms with Crippen molar-refractivity contribution in [3.63, 3.8) is 0 Å². The Kier molecular flexibility index (Phi) is 5.21. The van der Waals surface area contributed by atoms with Crippen LogP contribution in [-0.4, -0.2) is 21.6 Å². The maximum atomic E-state index is 12.3. The topological polar surface area (TPSA) is 55.4 Å². The van der Waals surface area contributed by atoms with Crippen molar-refractivity contribution in [1.29, 1.82) is 0 Å². The number of ether oxygens (including phenoxy) is 1. The zero-order valence-electron chi connectivity index (χ0n) is 13.1. The number of hydrogen-bond acceptors (Lipinski definition) is 3. The second-order valence-electron chi connectivity index (χ2n) is 5.33. The van der Waals surface area contributed by atoms with Crippen LogP contribution in [0.2, 0.25) is 0 Å². The van der Waals surface area contributed by atoms with Gasteiger partial charge >= 0.3 is 0 Å². The van der Waals surface area contributed by atoms with Gasteiger partial charge in [-0.3, -0.25) is 0 Å². The van der Waals surface area contributed by atoms with Gasteiger partial charge < -0.3 is 4.74 Å². The van der Waals surface area contributed by atoms with Crippen LogP contribution in [0.4, 0.5) is 0 Å². The van der Waals surface area contributed by atoms with E-state index in [-0.39, 0.29) is 13.2 Å². The minimum atomic E-state index is -3.50. The number of nitrogens with one attached hydrogen (secondary N) is 1. The summed E-state index contributed by atoms with van der Waals surface area (Å²) in [5.41, 5.74) is 2.89. The Morgan fingerprint density at radius 1 is 1.00 bits per heavy atom. The SMILES string of the molecule is Cc1cccc(OCCNS(=O)(=O)c2ccc(C)cc2C)c1. The van der Waals surface area contributed by atoms with Gasteiger partial charge in [0.05, 0.1) is 4.90 Å². The molecule has 4 nitrogen and oxygen atoms in total. The molecule has 5 heteroatoms. The van der Waals surface area contributed by atoms with Crippen LogP contribution in [0.25, 0.3) is 0 Å². The number of sulfonamides is 1. The standard InChI is InChI=1S/C17H21NO3S/c1-13-5-4-6-16(12-13)21-10-9-18-22(19,20)17-8-7-14(2)11-15(17)3/h4-8,11-12,18H,9-10H2,1-3H3. The van der Waals surface area contributed by atoms with Crippen LogP contribution >= 0.6 is 0 Å². The third-order valence-electron chi connectivity index (χ3n) is 3.27. The molecule has 0 heterocycles. The normalized spacial score (nSPS) is 11.4. The highest BCUT2D eigenvalue weighted by Gasteiger charge is 2.15. The summed E-state index contributed by atoms with van der Waals surface area (Å²) in [5.74, 6) is 0.741. The molecule has 0 fully saturated rings. The Labute approximate surface area is 132 Å². The van der Waals surface area contributed by atoms with E-state index in [4.69, 9.17) is 4.74 Å². The molecular formula is C17H21NO3S. The molecule has 2 rings (SSSR count). The monoisotopic (exact) mass is 319 g/mol. The van der Waals surface area contributed by atoms with Crippen molar-refractivity contribution in [2.45, 2.75) is 25.7 Å². The van der Waals surface area contributed by atoms with E-state index in [0.29, 0.717) is 4.90 Å². The largest absolute Gasteiger partial charge is 0.492 e. The second-order valence-corrected chi connectivity index (χ2v) is 7.07. The quantitative estimate of drug-likeness (QED) is 0.833. The third-order valence-corrected chi connectivity index (χ3v) is 4.89. The van der Waals surface area contributed by atoms with Crippen LogP contribution in [0.5, 0.6) is 5.75 Å². The van der Waals surface area contributed by atoms with Gasteiger partial charge in [-0.15, -0.1) is 0 Å². The van der Waals surface area contributed by atoms with Gasteiger partial charge in [-0.05, 0) is 50.1 Å². The van der Waals surface area contributed by atoms with E-state index in [1.54, 1.807) is 19.1 Å². The first kappa shape index (κ1) is 16.5. The molecule has 2 aromatic carbocycles. The van der Waals surface area contributed by atoms with E-state index < -0.39 is 10.0 Å². The maximum Gasteiger partial charge on any atom is 0.240 e. The molecule has 0 radical (unpaired) electrons. The van der Waals surface area contributed by atoms with Crippen LogP contribution in [-0.2, 0) is 10.0 Å². The molecule has 0 unspecified atom stereocenters. The zero-order valence-corrected chi connectivity index (χ0v) is 13.9. The molecule has 0 amide bonds. The molecule has 118 valence electrons. The highest BCUT2D eigenvalue weighted by atomic mass is 32.2. The van der Waals surface area contributed by atoms with Crippen molar-refractivity contribution >= 4 is 10.0 Å². The first-order valence-corrected chi connectivity index (χ1v) is 8.63. The van der Waals surface area contributed by atoms with Crippen LogP contribution in [0.15, 0.2) is 47.4 Å². The molecule has 0 atom stereocenters. The van der Waals surface area contributed by atoms with E-state index in [0.717, 1.165) is 22.4 Å². The van der Waals surface area contributed by atoms with Gasteiger partial charge in [0.25, 0.3) is 0 Å². The summed E-state index contributed by atoms with van der Waals surface area (Å²) >= 11 is 0. The maximum absolute atomic E-state index is 12.3. The van der Waals surface area contributed by atoms with Crippen molar-refractivity contribution in [1.82, 2.24) is 4.72 Å². The Balaban J connectivity index is 1.93. The molecule has 0 spiro atoms. The first-order chi connectivity index (χ1) is 10.4. The van der Waals surface area contributed by atoms with Crippen molar-refractivity contribution in [2.75, 3.05) is 13.2 Å². The van der Waals surface area contributed by atoms with Crippen molar-refractivity contribution in [3.8, 4) is 5.75 Å². The van der Waals surface area contributed by atoms with Crippen molar-refractivity contribution < 1.29 is 13.2 Å². The van der Waals surface area contributed by atoms with Gasteiger partial charge in [-0.25, -0.2) is 13.1 Å². The van der Waals surface area contributed by atoms with Crippen LogP contribution < -0.4 is 9.46 Å². The lowest BCUT2D eigenvalue weighted by atomic mass is 10.2. The number of hydrogen-bond donors (Lipinski definition) is 1. The first-order valence-electron chi connectivity index (χ1n) is 7.15. The van der Waals surface area contributed by atoms with Gasteiger partial charge in [0, 0.05) is 6.54 Å².